The molecular formula is C21H45GaO3. The Bertz CT molecular complexity index is 300. The van der Waals surface area contributed by atoms with Crippen LogP contribution in [0.5, 0.6) is 0 Å². The van der Waals surface area contributed by atoms with Crippen LogP contribution in [0.2, 0.25) is 0 Å². The van der Waals surface area contributed by atoms with Gasteiger partial charge in [-0.25, -0.2) is 0 Å². The molecule has 0 spiro atoms. The molecular weight excluding hydrogens is 370 g/mol. The van der Waals surface area contributed by atoms with Crippen molar-refractivity contribution in [1.82, 2.24) is 0 Å². The summed E-state index contributed by atoms with van der Waals surface area (Å²) in [5, 5.41) is 0. The third-order valence-corrected chi connectivity index (χ3v) is 10.5. The molecule has 4 heteroatoms. The molecule has 3 atom stereocenters. The van der Waals surface area contributed by atoms with E-state index in [4.69, 9.17) is 10.6 Å². The SMILES string of the molecule is CCCC(C)(CC)[O][Ga]([O]C(C)(CC)CCC)[O]C(C)(CC)CCC. The summed E-state index contributed by atoms with van der Waals surface area (Å²) in [6.07, 6.45) is 9.56. The second-order valence-corrected chi connectivity index (χ2v) is 11.0. The van der Waals surface area contributed by atoms with Gasteiger partial charge in [0.2, 0.25) is 0 Å². The molecule has 0 heterocycles. The van der Waals surface area contributed by atoms with Gasteiger partial charge in [-0.05, 0) is 0 Å². The molecule has 0 aromatic rings. The van der Waals surface area contributed by atoms with Gasteiger partial charge in [0.15, 0.2) is 0 Å². The first-order chi connectivity index (χ1) is 11.6. The van der Waals surface area contributed by atoms with Gasteiger partial charge in [-0.15, -0.1) is 0 Å². The third kappa shape index (κ3) is 9.32. The van der Waals surface area contributed by atoms with Crippen LogP contribution in [-0.4, -0.2) is 34.1 Å². The van der Waals surface area contributed by atoms with Crippen molar-refractivity contribution >= 4 is 17.3 Å². The summed E-state index contributed by atoms with van der Waals surface area (Å²) in [4.78, 5) is 0. The zero-order valence-corrected chi connectivity index (χ0v) is 21.1. The maximum absolute atomic E-state index is 6.66. The van der Waals surface area contributed by atoms with E-state index in [1.54, 1.807) is 0 Å². The van der Waals surface area contributed by atoms with Gasteiger partial charge in [0, 0.05) is 0 Å². The van der Waals surface area contributed by atoms with E-state index in [-0.39, 0.29) is 16.8 Å². The Morgan fingerprint density at radius 2 is 0.760 bits per heavy atom. The molecule has 0 aliphatic heterocycles. The molecule has 0 saturated carbocycles. The summed E-state index contributed by atoms with van der Waals surface area (Å²) < 4.78 is 20.0. The summed E-state index contributed by atoms with van der Waals surface area (Å²) in [6, 6.07) is 0. The molecule has 0 fully saturated rings. The van der Waals surface area contributed by atoms with Crippen LogP contribution < -0.4 is 0 Å². The molecule has 0 aliphatic carbocycles. The molecule has 150 valence electrons. The topological polar surface area (TPSA) is 27.7 Å². The van der Waals surface area contributed by atoms with Crippen molar-refractivity contribution in [2.75, 3.05) is 0 Å². The molecule has 0 bridgehead atoms. The van der Waals surface area contributed by atoms with Gasteiger partial charge in [0.25, 0.3) is 0 Å². The van der Waals surface area contributed by atoms with Crippen LogP contribution in [0.3, 0.4) is 0 Å². The molecule has 0 radical (unpaired) electrons. The van der Waals surface area contributed by atoms with Crippen molar-refractivity contribution < 1.29 is 10.6 Å². The summed E-state index contributed by atoms with van der Waals surface area (Å²) in [5.41, 5.74) is -0.372. The second-order valence-electron chi connectivity index (χ2n) is 8.30. The van der Waals surface area contributed by atoms with E-state index >= 15 is 0 Å². The van der Waals surface area contributed by atoms with E-state index in [0.29, 0.717) is 0 Å². The first-order valence-corrected chi connectivity index (χ1v) is 13.7. The Labute approximate surface area is 164 Å². The van der Waals surface area contributed by atoms with E-state index in [9.17, 15) is 0 Å². The average Bonchev–Trinajstić information content (AvgIpc) is 2.55. The first kappa shape index (κ1) is 25.5. The van der Waals surface area contributed by atoms with Crippen molar-refractivity contribution in [3.63, 3.8) is 0 Å². The fraction of sp³-hybridized carbons (Fsp3) is 1.00. The number of hydrogen-bond acceptors (Lipinski definition) is 3. The Morgan fingerprint density at radius 1 is 0.520 bits per heavy atom. The molecule has 3 unspecified atom stereocenters. The maximum atomic E-state index is 6.66. The van der Waals surface area contributed by atoms with Crippen LogP contribution in [0.1, 0.15) is 120 Å². The van der Waals surface area contributed by atoms with E-state index in [1.165, 1.54) is 0 Å². The zero-order chi connectivity index (χ0) is 19.6. The van der Waals surface area contributed by atoms with Crippen LogP contribution in [0, 0.1) is 0 Å². The minimum atomic E-state index is -2.83. The molecule has 0 N–H and O–H groups in total. The molecule has 0 rings (SSSR count). The van der Waals surface area contributed by atoms with Crippen molar-refractivity contribution in [2.45, 2.75) is 137 Å². The van der Waals surface area contributed by atoms with Gasteiger partial charge in [-0.3, -0.25) is 0 Å². The summed E-state index contributed by atoms with van der Waals surface area (Å²) in [6.45, 7) is 20.0. The fourth-order valence-electron chi connectivity index (χ4n) is 3.31. The van der Waals surface area contributed by atoms with Gasteiger partial charge in [0.1, 0.15) is 0 Å². The first-order valence-electron chi connectivity index (χ1n) is 10.7. The summed E-state index contributed by atoms with van der Waals surface area (Å²) in [5.74, 6) is 0. The monoisotopic (exact) mass is 414 g/mol. The Balaban J connectivity index is 5.41. The zero-order valence-electron chi connectivity index (χ0n) is 18.7. The van der Waals surface area contributed by atoms with Crippen molar-refractivity contribution in [1.29, 1.82) is 0 Å². The Hall–Kier alpha value is 0.516. The average molecular weight is 415 g/mol. The summed E-state index contributed by atoms with van der Waals surface area (Å²) in [7, 11) is 0. The molecule has 0 amide bonds. The van der Waals surface area contributed by atoms with Gasteiger partial charge in [-0.2, -0.15) is 0 Å². The molecule has 0 aromatic heterocycles. The van der Waals surface area contributed by atoms with Crippen LogP contribution in [0.4, 0.5) is 0 Å². The second kappa shape index (κ2) is 12.1. The van der Waals surface area contributed by atoms with Gasteiger partial charge in [-0.1, -0.05) is 0 Å². The number of rotatable bonds is 15. The van der Waals surface area contributed by atoms with E-state index < -0.39 is 17.3 Å². The van der Waals surface area contributed by atoms with Crippen molar-refractivity contribution in [2.24, 2.45) is 0 Å². The van der Waals surface area contributed by atoms with Crippen LogP contribution in [0.25, 0.3) is 0 Å². The van der Waals surface area contributed by atoms with Crippen LogP contribution >= 0.6 is 0 Å². The standard InChI is InChI=1S/3C7H15O.Ga/c3*1-4-6-7(3,8)5-2;/h3*4-6H2,1-3H3;/q3*-1;+3. The van der Waals surface area contributed by atoms with Gasteiger partial charge >= 0.3 is 165 Å². The van der Waals surface area contributed by atoms with Crippen LogP contribution in [0.15, 0.2) is 0 Å². The summed E-state index contributed by atoms with van der Waals surface area (Å²) >= 11 is -2.83. The molecule has 25 heavy (non-hydrogen) atoms. The van der Waals surface area contributed by atoms with Crippen LogP contribution in [-0.2, 0) is 10.6 Å². The third-order valence-electron chi connectivity index (χ3n) is 5.72. The number of hydrogen-bond donors (Lipinski definition) is 0. The fourth-order valence-corrected chi connectivity index (χ4v) is 8.33. The normalized spacial score (nSPS) is 19.1. The molecule has 0 saturated heterocycles. The Kier molecular flexibility index (Phi) is 12.3. The van der Waals surface area contributed by atoms with Gasteiger partial charge < -0.3 is 0 Å². The van der Waals surface area contributed by atoms with E-state index in [2.05, 4.69) is 62.3 Å². The van der Waals surface area contributed by atoms with Crippen molar-refractivity contribution in [3.8, 4) is 0 Å². The predicted molar refractivity (Wildman–Crippen MR) is 110 cm³/mol. The van der Waals surface area contributed by atoms with E-state index in [1.807, 2.05) is 0 Å². The molecule has 0 aromatic carbocycles. The van der Waals surface area contributed by atoms with E-state index in [0.717, 1.165) is 57.8 Å². The quantitative estimate of drug-likeness (QED) is 0.272. The minimum absolute atomic E-state index is 0.124. The van der Waals surface area contributed by atoms with Crippen molar-refractivity contribution in [3.05, 3.63) is 0 Å². The molecule has 3 nitrogen and oxygen atoms in total. The molecule has 0 aliphatic rings. The van der Waals surface area contributed by atoms with Gasteiger partial charge in [0.05, 0.1) is 0 Å². The predicted octanol–water partition coefficient (Wildman–Crippen LogP) is 6.93. The Morgan fingerprint density at radius 3 is 0.920 bits per heavy atom.